The van der Waals surface area contributed by atoms with Crippen LogP contribution in [0.3, 0.4) is 0 Å². The van der Waals surface area contributed by atoms with Gasteiger partial charge in [0.15, 0.2) is 0 Å². The Morgan fingerprint density at radius 2 is 1.73 bits per heavy atom. The lowest BCUT2D eigenvalue weighted by atomic mass is 10.0. The summed E-state index contributed by atoms with van der Waals surface area (Å²) in [5.74, 6) is -0.615. The van der Waals surface area contributed by atoms with E-state index < -0.39 is 15.9 Å². The van der Waals surface area contributed by atoms with Crippen molar-refractivity contribution in [2.75, 3.05) is 32.6 Å². The van der Waals surface area contributed by atoms with E-state index in [1.807, 2.05) is 68.4 Å². The second kappa shape index (κ2) is 10.2. The van der Waals surface area contributed by atoms with Crippen molar-refractivity contribution in [3.05, 3.63) is 77.4 Å². The molecule has 3 aromatic rings. The smallest absolute Gasteiger partial charge is 0.267 e. The Morgan fingerprint density at radius 3 is 2.42 bits per heavy atom. The minimum atomic E-state index is -3.71. The van der Waals surface area contributed by atoms with Gasteiger partial charge in [-0.25, -0.2) is 18.2 Å². The molecule has 0 bridgehead atoms. The fourth-order valence-corrected chi connectivity index (χ4v) is 5.09. The van der Waals surface area contributed by atoms with Crippen LogP contribution in [0.15, 0.2) is 65.6 Å². The zero-order valence-electron chi connectivity index (χ0n) is 19.2. The molecule has 0 spiro atoms. The molecule has 174 valence electrons. The van der Waals surface area contributed by atoms with Crippen molar-refractivity contribution >= 4 is 38.5 Å². The van der Waals surface area contributed by atoms with Gasteiger partial charge in [0.25, 0.3) is 5.91 Å². The topological polar surface area (TPSA) is 90.0 Å². The molecule has 8 heteroatoms. The van der Waals surface area contributed by atoms with Gasteiger partial charge in [0, 0.05) is 50.2 Å². The van der Waals surface area contributed by atoms with Crippen LogP contribution in [0.2, 0.25) is 0 Å². The van der Waals surface area contributed by atoms with Crippen LogP contribution < -0.4 is 10.4 Å². The van der Waals surface area contributed by atoms with Crippen molar-refractivity contribution in [3.63, 3.8) is 0 Å². The minimum Gasteiger partial charge on any atom is -0.377 e. The molecule has 0 atom stereocenters. The number of amides is 1. The highest BCUT2D eigenvalue weighted by atomic mass is 32.2. The third-order valence-corrected chi connectivity index (χ3v) is 7.55. The van der Waals surface area contributed by atoms with Crippen LogP contribution in [0, 0.1) is 6.92 Å². The zero-order valence-corrected chi connectivity index (χ0v) is 20.1. The first-order valence-corrected chi connectivity index (χ1v) is 12.0. The summed E-state index contributed by atoms with van der Waals surface area (Å²) in [5, 5.41) is 10.2. The van der Waals surface area contributed by atoms with E-state index in [1.165, 1.54) is 10.4 Å². The van der Waals surface area contributed by atoms with Crippen LogP contribution in [0.1, 0.15) is 16.7 Å². The molecular formula is C25H29N3O4S. The number of sulfonamides is 1. The second-order valence-corrected chi connectivity index (χ2v) is 10.1. The second-order valence-electron chi connectivity index (χ2n) is 8.09. The van der Waals surface area contributed by atoms with Gasteiger partial charge in [0.2, 0.25) is 10.0 Å². The van der Waals surface area contributed by atoms with Gasteiger partial charge in [-0.3, -0.25) is 10.0 Å². The molecule has 33 heavy (non-hydrogen) atoms. The van der Waals surface area contributed by atoms with Crippen molar-refractivity contribution in [2.45, 2.75) is 18.2 Å². The number of nitrogens with zero attached hydrogens (tertiary/aromatic N) is 2. The summed E-state index contributed by atoms with van der Waals surface area (Å²) in [4.78, 5) is 13.5. The molecular weight excluding hydrogens is 438 g/mol. The molecule has 1 amide bonds. The highest BCUT2D eigenvalue weighted by molar-refractivity contribution is 7.89. The largest absolute Gasteiger partial charge is 0.377 e. The molecule has 3 aromatic carbocycles. The minimum absolute atomic E-state index is 0.287. The first-order chi connectivity index (χ1) is 15.6. The molecule has 0 aliphatic carbocycles. The Bertz CT molecular complexity index is 1300. The number of hydroxylamine groups is 1. The molecule has 0 saturated carbocycles. The van der Waals surface area contributed by atoms with Crippen LogP contribution in [-0.4, -0.2) is 51.5 Å². The Morgan fingerprint density at radius 1 is 1.03 bits per heavy atom. The average Bonchev–Trinajstić information content (AvgIpc) is 2.81. The molecule has 0 aliphatic heterocycles. The monoisotopic (exact) mass is 467 g/mol. The van der Waals surface area contributed by atoms with E-state index in [1.54, 1.807) is 30.7 Å². The summed E-state index contributed by atoms with van der Waals surface area (Å²) in [5.41, 5.74) is 5.32. The molecule has 0 aliphatic rings. The number of rotatable bonds is 8. The zero-order chi connectivity index (χ0) is 24.2. The Balaban J connectivity index is 1.85. The van der Waals surface area contributed by atoms with Gasteiger partial charge in [0.1, 0.15) is 0 Å². The number of nitrogens with one attached hydrogen (secondary N) is 1. The number of anilines is 1. The summed E-state index contributed by atoms with van der Waals surface area (Å²) in [6, 6.07) is 16.7. The first-order valence-electron chi connectivity index (χ1n) is 10.5. The fraction of sp³-hybridized carbons (Fsp3) is 0.240. The first kappa shape index (κ1) is 24.4. The van der Waals surface area contributed by atoms with Crippen LogP contribution in [0.5, 0.6) is 0 Å². The van der Waals surface area contributed by atoms with Crippen molar-refractivity contribution in [1.82, 2.24) is 9.79 Å². The molecule has 0 radical (unpaired) electrons. The number of fused-ring (bicyclic) bond motifs is 1. The third-order valence-electron chi connectivity index (χ3n) is 5.64. The van der Waals surface area contributed by atoms with E-state index >= 15 is 0 Å². The van der Waals surface area contributed by atoms with Crippen LogP contribution in [-0.2, 0) is 21.2 Å². The molecule has 0 unspecified atom stereocenters. The van der Waals surface area contributed by atoms with E-state index in [0.717, 1.165) is 27.8 Å². The lowest BCUT2D eigenvalue weighted by Crippen LogP contribution is -2.29. The molecule has 0 aromatic heterocycles. The SMILES string of the molecule is Cc1ccc(/C=C/C(=O)NO)cc1CCN(C)S(=O)(=O)c1cccc2c(N(C)C)cccc12. The predicted molar refractivity (Wildman–Crippen MR) is 132 cm³/mol. The Labute approximate surface area is 195 Å². The van der Waals surface area contributed by atoms with Gasteiger partial charge in [-0.15, -0.1) is 0 Å². The standard InChI is InChI=1S/C25H29N3O4S/c1-18-11-12-19(13-14-25(29)26-30)17-20(18)15-16-28(4)33(31,32)24-10-6-7-21-22(24)8-5-9-23(21)27(2)3/h5-14,17,30H,15-16H2,1-4H3,(H,26,29)/b14-13+. The molecule has 3 rings (SSSR count). The van der Waals surface area contributed by atoms with Gasteiger partial charge in [0.05, 0.1) is 4.90 Å². The summed E-state index contributed by atoms with van der Waals surface area (Å²) in [6.07, 6.45) is 3.34. The van der Waals surface area contributed by atoms with Gasteiger partial charge in [-0.2, -0.15) is 0 Å². The third kappa shape index (κ3) is 5.42. The molecule has 2 N–H and O–H groups in total. The molecule has 0 heterocycles. The number of carbonyl (C=O) groups excluding carboxylic acids is 1. The Hall–Kier alpha value is -3.20. The quantitative estimate of drug-likeness (QED) is 0.300. The van der Waals surface area contributed by atoms with E-state index in [0.29, 0.717) is 18.4 Å². The summed E-state index contributed by atoms with van der Waals surface area (Å²) in [6.45, 7) is 2.27. The van der Waals surface area contributed by atoms with Crippen LogP contribution in [0.4, 0.5) is 5.69 Å². The number of carbonyl (C=O) groups is 1. The summed E-state index contributed by atoms with van der Waals surface area (Å²) in [7, 11) is 1.75. The fourth-order valence-electron chi connectivity index (χ4n) is 3.72. The van der Waals surface area contributed by atoms with E-state index in [9.17, 15) is 13.2 Å². The van der Waals surface area contributed by atoms with Crippen molar-refractivity contribution in [3.8, 4) is 0 Å². The number of likely N-dealkylation sites (N-methyl/N-ethyl adjacent to an activating group) is 1. The number of hydrogen-bond acceptors (Lipinski definition) is 5. The number of benzene rings is 3. The van der Waals surface area contributed by atoms with Crippen molar-refractivity contribution < 1.29 is 18.4 Å². The summed E-state index contributed by atoms with van der Waals surface area (Å²) < 4.78 is 28.3. The highest BCUT2D eigenvalue weighted by Gasteiger charge is 2.23. The van der Waals surface area contributed by atoms with Crippen LogP contribution in [0.25, 0.3) is 16.8 Å². The van der Waals surface area contributed by atoms with Gasteiger partial charge in [-0.1, -0.05) is 42.5 Å². The lowest BCUT2D eigenvalue weighted by Gasteiger charge is -2.21. The number of aryl methyl sites for hydroxylation is 1. The molecule has 0 saturated heterocycles. The van der Waals surface area contributed by atoms with Crippen molar-refractivity contribution in [1.29, 1.82) is 0 Å². The van der Waals surface area contributed by atoms with Crippen molar-refractivity contribution in [2.24, 2.45) is 0 Å². The van der Waals surface area contributed by atoms with Crippen LogP contribution >= 0.6 is 0 Å². The lowest BCUT2D eigenvalue weighted by molar-refractivity contribution is -0.124. The summed E-state index contributed by atoms with van der Waals surface area (Å²) >= 11 is 0. The van der Waals surface area contributed by atoms with Gasteiger partial charge >= 0.3 is 0 Å². The average molecular weight is 468 g/mol. The molecule has 0 fully saturated rings. The molecule has 7 nitrogen and oxygen atoms in total. The maximum atomic E-state index is 13.4. The highest BCUT2D eigenvalue weighted by Crippen LogP contribution is 2.31. The van der Waals surface area contributed by atoms with E-state index in [4.69, 9.17) is 5.21 Å². The van der Waals surface area contributed by atoms with Gasteiger partial charge < -0.3 is 4.90 Å². The predicted octanol–water partition coefficient (Wildman–Crippen LogP) is 3.60. The maximum Gasteiger partial charge on any atom is 0.267 e. The van der Waals surface area contributed by atoms with E-state index in [-0.39, 0.29) is 4.90 Å². The normalized spacial score (nSPS) is 11.9. The van der Waals surface area contributed by atoms with E-state index in [2.05, 4.69) is 0 Å². The maximum absolute atomic E-state index is 13.4. The Kier molecular flexibility index (Phi) is 7.53. The number of hydrogen-bond donors (Lipinski definition) is 2. The van der Waals surface area contributed by atoms with Gasteiger partial charge in [-0.05, 0) is 48.2 Å².